The molecule has 139 valence electrons. The van der Waals surface area contributed by atoms with E-state index in [0.717, 1.165) is 0 Å². The van der Waals surface area contributed by atoms with Gasteiger partial charge in [0.25, 0.3) is 0 Å². The summed E-state index contributed by atoms with van der Waals surface area (Å²) < 4.78 is 0. The zero-order valence-corrected chi connectivity index (χ0v) is 21.3. The third-order valence-corrected chi connectivity index (χ3v) is 6.07. The van der Waals surface area contributed by atoms with Crippen LogP contribution in [0.5, 0.6) is 0 Å². The van der Waals surface area contributed by atoms with E-state index < -0.39 is 18.2 Å². The molecule has 2 aliphatic carbocycles. The van der Waals surface area contributed by atoms with Crippen molar-refractivity contribution in [1.29, 1.82) is 0 Å². The van der Waals surface area contributed by atoms with Gasteiger partial charge in [-0.15, -0.1) is 11.1 Å². The maximum absolute atomic E-state index is 5.00. The summed E-state index contributed by atoms with van der Waals surface area (Å²) in [6.45, 7) is 22.4. The van der Waals surface area contributed by atoms with Crippen molar-refractivity contribution in [2.45, 2.75) is 55.4 Å². The molecule has 0 bridgehead atoms. The minimum absolute atomic E-state index is 0.506. The Kier molecular flexibility index (Phi) is 8.88. The molecule has 0 aromatic carbocycles. The molecule has 0 aromatic rings. The van der Waals surface area contributed by atoms with Gasteiger partial charge in [-0.2, -0.15) is 5.57 Å². The molecular formula is C21H29Cl3Zr-. The minimum atomic E-state index is -2.13. The van der Waals surface area contributed by atoms with Gasteiger partial charge in [0.1, 0.15) is 0 Å². The number of halogens is 3. The van der Waals surface area contributed by atoms with Gasteiger partial charge in [0.05, 0.1) is 0 Å². The van der Waals surface area contributed by atoms with Crippen LogP contribution in [0.1, 0.15) is 55.4 Å². The quantitative estimate of drug-likeness (QED) is 0.349. The van der Waals surface area contributed by atoms with Gasteiger partial charge in [0, 0.05) is 0 Å². The van der Waals surface area contributed by atoms with E-state index in [0.29, 0.717) is 11.8 Å². The Hall–Kier alpha value is 0.323. The van der Waals surface area contributed by atoms with Crippen LogP contribution in [0.4, 0.5) is 0 Å². The van der Waals surface area contributed by atoms with Gasteiger partial charge in [-0.25, -0.2) is 13.0 Å². The van der Waals surface area contributed by atoms with E-state index in [4.69, 9.17) is 25.5 Å². The summed E-state index contributed by atoms with van der Waals surface area (Å²) >= 11 is -2.13. The molecule has 2 atom stereocenters. The summed E-state index contributed by atoms with van der Waals surface area (Å²) in [5, 5.41) is 0. The summed E-state index contributed by atoms with van der Waals surface area (Å²) in [6, 6.07) is 0. The fraction of sp³-hybridized carbons (Fsp3) is 0.476. The second kappa shape index (κ2) is 9.50. The molecule has 0 radical (unpaired) electrons. The normalized spacial score (nSPS) is 23.3. The summed E-state index contributed by atoms with van der Waals surface area (Å²) in [5.74, 6) is 1.01. The number of hydrogen-bond acceptors (Lipinski definition) is 0. The molecule has 0 aliphatic heterocycles. The third kappa shape index (κ3) is 4.79. The molecule has 0 saturated heterocycles. The Bertz CT molecular complexity index is 646. The van der Waals surface area contributed by atoms with E-state index in [1.54, 1.807) is 0 Å². The van der Waals surface area contributed by atoms with Crippen molar-refractivity contribution in [3.05, 3.63) is 63.2 Å². The van der Waals surface area contributed by atoms with Crippen LogP contribution in [-0.4, -0.2) is 0 Å². The van der Waals surface area contributed by atoms with Crippen molar-refractivity contribution in [1.82, 2.24) is 0 Å². The van der Waals surface area contributed by atoms with Crippen molar-refractivity contribution in [2.24, 2.45) is 11.8 Å². The van der Waals surface area contributed by atoms with Crippen molar-refractivity contribution < 1.29 is 18.2 Å². The maximum atomic E-state index is 5.00. The summed E-state index contributed by atoms with van der Waals surface area (Å²) in [7, 11) is 15.0. The van der Waals surface area contributed by atoms with E-state index >= 15 is 0 Å². The average molecular weight is 479 g/mol. The zero-order chi connectivity index (χ0) is 19.6. The summed E-state index contributed by atoms with van der Waals surface area (Å²) in [4.78, 5) is 0. The van der Waals surface area contributed by atoms with Crippen LogP contribution < -0.4 is 0 Å². The van der Waals surface area contributed by atoms with E-state index in [-0.39, 0.29) is 0 Å². The first-order valence-electron chi connectivity index (χ1n) is 8.57. The van der Waals surface area contributed by atoms with Crippen molar-refractivity contribution >= 4 is 25.5 Å². The molecule has 0 fully saturated rings. The van der Waals surface area contributed by atoms with Crippen molar-refractivity contribution in [3.8, 4) is 0 Å². The van der Waals surface area contributed by atoms with Gasteiger partial charge in [-0.05, 0) is 64.5 Å². The molecular weight excluding hydrogens is 450 g/mol. The zero-order valence-electron chi connectivity index (χ0n) is 16.6. The Morgan fingerprint density at radius 1 is 0.760 bits per heavy atom. The standard InChI is InChI=1S/C21H29.3ClH.Zr/c1-10-19(20-15(6)11(2)12(3)16(20)7)21-17(8)13(4)14(5)18(21)9;;;;/h10,15,17H,1H2,2-9H3;3*1H;/q-1;;;;+3/p-3. The van der Waals surface area contributed by atoms with E-state index in [1.165, 1.54) is 50.2 Å². The van der Waals surface area contributed by atoms with Crippen LogP contribution >= 0.6 is 25.5 Å². The Morgan fingerprint density at radius 3 is 1.20 bits per heavy atom. The fourth-order valence-electron chi connectivity index (χ4n) is 3.96. The van der Waals surface area contributed by atoms with Gasteiger partial charge in [0.15, 0.2) is 0 Å². The van der Waals surface area contributed by atoms with Crippen LogP contribution in [0.25, 0.3) is 0 Å². The molecule has 25 heavy (non-hydrogen) atoms. The molecule has 0 spiro atoms. The first-order chi connectivity index (χ1) is 11.5. The van der Waals surface area contributed by atoms with E-state index in [1.807, 2.05) is 0 Å². The van der Waals surface area contributed by atoms with Crippen molar-refractivity contribution in [2.75, 3.05) is 0 Å². The number of hydrogen-bond donors (Lipinski definition) is 0. The van der Waals surface area contributed by atoms with Gasteiger partial charge < -0.3 is 0 Å². The molecule has 0 heterocycles. The first-order valence-corrected chi connectivity index (χ1v) is 18.1. The Labute approximate surface area is 173 Å². The fourth-order valence-corrected chi connectivity index (χ4v) is 3.96. The molecule has 0 saturated carbocycles. The molecule has 2 aliphatic rings. The summed E-state index contributed by atoms with van der Waals surface area (Å²) in [5.41, 5.74) is 13.2. The van der Waals surface area contributed by atoms with Crippen LogP contribution in [0.3, 0.4) is 0 Å². The Balaban J connectivity index is 0.000000705. The SMILES string of the molecule is [CH2-]C=C(C1=C(C)C(C)=C(C)C1C)C1=C(C)C(C)=C(C)C1C.[Cl][Zr]([Cl])[Cl]. The molecule has 0 amide bonds. The van der Waals surface area contributed by atoms with Crippen LogP contribution in [0.2, 0.25) is 0 Å². The Morgan fingerprint density at radius 2 is 1.04 bits per heavy atom. The molecule has 2 rings (SSSR count). The van der Waals surface area contributed by atoms with E-state index in [9.17, 15) is 0 Å². The summed E-state index contributed by atoms with van der Waals surface area (Å²) in [6.07, 6.45) is 2.09. The van der Waals surface area contributed by atoms with Crippen LogP contribution in [0, 0.1) is 18.8 Å². The molecule has 4 heteroatoms. The second-order valence-corrected chi connectivity index (χ2v) is 18.2. The third-order valence-electron chi connectivity index (χ3n) is 6.07. The van der Waals surface area contributed by atoms with Gasteiger partial charge in [0.2, 0.25) is 0 Å². The van der Waals surface area contributed by atoms with Gasteiger partial charge in [-0.1, -0.05) is 36.1 Å². The molecule has 2 unspecified atom stereocenters. The molecule has 0 aromatic heterocycles. The second-order valence-electron chi connectivity index (χ2n) is 6.97. The van der Waals surface area contributed by atoms with Crippen LogP contribution in [0.15, 0.2) is 56.2 Å². The topological polar surface area (TPSA) is 0 Å². The first kappa shape index (κ1) is 23.4. The van der Waals surface area contributed by atoms with Gasteiger partial charge >= 0.3 is 43.7 Å². The number of allylic oxidation sites excluding steroid dienone is 10. The van der Waals surface area contributed by atoms with Gasteiger partial charge in [-0.3, -0.25) is 0 Å². The predicted molar refractivity (Wildman–Crippen MR) is 111 cm³/mol. The van der Waals surface area contributed by atoms with E-state index in [2.05, 4.69) is 68.4 Å². The number of rotatable bonds is 2. The molecule has 0 nitrogen and oxygen atoms in total. The molecule has 0 N–H and O–H groups in total. The monoisotopic (exact) mass is 476 g/mol. The van der Waals surface area contributed by atoms with Crippen LogP contribution in [-0.2, 0) is 18.2 Å². The predicted octanol–water partition coefficient (Wildman–Crippen LogP) is 8.42. The van der Waals surface area contributed by atoms with Crippen molar-refractivity contribution in [3.63, 3.8) is 0 Å². The average Bonchev–Trinajstić information content (AvgIpc) is 2.84.